The van der Waals surface area contributed by atoms with E-state index >= 15 is 0 Å². The van der Waals surface area contributed by atoms with Gasteiger partial charge in [-0.15, -0.1) is 0 Å². The number of carbonyl (C=O) groups is 2. The highest BCUT2D eigenvalue weighted by Gasteiger charge is 2.28. The van der Waals surface area contributed by atoms with Gasteiger partial charge in [-0.05, 0) is 50.1 Å². The number of para-hydroxylation sites is 1. The van der Waals surface area contributed by atoms with Gasteiger partial charge in [-0.25, -0.2) is 9.78 Å². The summed E-state index contributed by atoms with van der Waals surface area (Å²) in [7, 11) is 0. The summed E-state index contributed by atoms with van der Waals surface area (Å²) in [6.07, 6.45) is 3.09. The molecule has 0 spiro atoms. The number of aromatic nitrogens is 1. The van der Waals surface area contributed by atoms with Crippen molar-refractivity contribution in [2.45, 2.75) is 19.8 Å². The maximum absolute atomic E-state index is 12.8. The molecule has 7 nitrogen and oxygen atoms in total. The minimum atomic E-state index is -0.270. The van der Waals surface area contributed by atoms with Crippen molar-refractivity contribution in [1.29, 1.82) is 0 Å². The fourth-order valence-corrected chi connectivity index (χ4v) is 3.59. The number of likely N-dealkylation sites (tertiary alicyclic amines) is 1. The predicted molar refractivity (Wildman–Crippen MR) is 124 cm³/mol. The lowest BCUT2D eigenvalue weighted by Crippen LogP contribution is -2.45. The van der Waals surface area contributed by atoms with Crippen molar-refractivity contribution < 1.29 is 14.3 Å². The molecule has 2 heterocycles. The molecule has 4 rings (SSSR count). The molecule has 164 valence electrons. The number of anilines is 2. The summed E-state index contributed by atoms with van der Waals surface area (Å²) in [4.78, 5) is 31.3. The molecule has 32 heavy (non-hydrogen) atoms. The lowest BCUT2D eigenvalue weighted by molar-refractivity contribution is -0.121. The molecule has 1 atom stereocenters. The van der Waals surface area contributed by atoms with E-state index in [1.807, 2.05) is 61.5 Å². The second-order valence-electron chi connectivity index (χ2n) is 7.87. The number of rotatable bonds is 5. The van der Waals surface area contributed by atoms with Crippen LogP contribution in [-0.4, -0.2) is 34.9 Å². The number of piperidine rings is 1. The zero-order valence-corrected chi connectivity index (χ0v) is 18.0. The van der Waals surface area contributed by atoms with Gasteiger partial charge in [0.15, 0.2) is 0 Å². The molecule has 1 aromatic heterocycles. The van der Waals surface area contributed by atoms with Crippen molar-refractivity contribution in [3.05, 3.63) is 78.5 Å². The maximum atomic E-state index is 12.8. The number of urea groups is 1. The monoisotopic (exact) mass is 430 g/mol. The molecular weight excluding hydrogens is 404 g/mol. The van der Waals surface area contributed by atoms with Crippen LogP contribution in [0.25, 0.3) is 0 Å². The molecule has 1 unspecified atom stereocenters. The van der Waals surface area contributed by atoms with Crippen LogP contribution in [0.3, 0.4) is 0 Å². The van der Waals surface area contributed by atoms with Gasteiger partial charge in [-0.3, -0.25) is 4.79 Å². The van der Waals surface area contributed by atoms with E-state index in [9.17, 15) is 9.59 Å². The number of hydrogen-bond acceptors (Lipinski definition) is 4. The van der Waals surface area contributed by atoms with Gasteiger partial charge in [0.05, 0.1) is 17.8 Å². The van der Waals surface area contributed by atoms with Crippen LogP contribution >= 0.6 is 0 Å². The molecule has 1 fully saturated rings. The highest BCUT2D eigenvalue weighted by molar-refractivity contribution is 5.94. The van der Waals surface area contributed by atoms with Gasteiger partial charge in [-0.1, -0.05) is 35.9 Å². The molecule has 1 aliphatic heterocycles. The zero-order chi connectivity index (χ0) is 22.3. The summed E-state index contributed by atoms with van der Waals surface area (Å²) in [6.45, 7) is 3.03. The second-order valence-corrected chi connectivity index (χ2v) is 7.87. The van der Waals surface area contributed by atoms with Gasteiger partial charge in [0.2, 0.25) is 11.8 Å². The molecule has 0 saturated carbocycles. The first kappa shape index (κ1) is 21.4. The predicted octanol–water partition coefficient (Wildman–Crippen LogP) is 5.06. The Morgan fingerprint density at radius 3 is 2.47 bits per heavy atom. The van der Waals surface area contributed by atoms with E-state index < -0.39 is 0 Å². The van der Waals surface area contributed by atoms with Crippen LogP contribution in [0.5, 0.6) is 11.6 Å². The quantitative estimate of drug-likeness (QED) is 0.592. The highest BCUT2D eigenvalue weighted by atomic mass is 16.5. The molecule has 2 aromatic carbocycles. The highest BCUT2D eigenvalue weighted by Crippen LogP contribution is 2.23. The summed E-state index contributed by atoms with van der Waals surface area (Å²) >= 11 is 0. The minimum absolute atomic E-state index is 0.115. The average Bonchev–Trinajstić information content (AvgIpc) is 2.82. The third-order valence-electron chi connectivity index (χ3n) is 5.35. The number of ether oxygens (including phenoxy) is 1. The Labute approximate surface area is 187 Å². The van der Waals surface area contributed by atoms with E-state index in [1.54, 1.807) is 23.2 Å². The summed E-state index contributed by atoms with van der Waals surface area (Å²) in [6, 6.07) is 20.3. The van der Waals surface area contributed by atoms with Crippen molar-refractivity contribution in [3.8, 4) is 11.6 Å². The summed E-state index contributed by atoms with van der Waals surface area (Å²) < 4.78 is 5.72. The average molecular weight is 431 g/mol. The van der Waals surface area contributed by atoms with Gasteiger partial charge in [0.25, 0.3) is 0 Å². The van der Waals surface area contributed by atoms with Crippen LogP contribution in [0.2, 0.25) is 0 Å². The Kier molecular flexibility index (Phi) is 6.65. The number of pyridine rings is 1. The Morgan fingerprint density at radius 2 is 1.75 bits per heavy atom. The number of amides is 3. The fourth-order valence-electron chi connectivity index (χ4n) is 3.59. The van der Waals surface area contributed by atoms with Gasteiger partial charge in [0, 0.05) is 24.8 Å². The summed E-state index contributed by atoms with van der Waals surface area (Å²) in [5, 5.41) is 5.79. The number of nitrogens with zero attached hydrogens (tertiary/aromatic N) is 2. The second kappa shape index (κ2) is 9.96. The molecule has 7 heteroatoms. The first-order chi connectivity index (χ1) is 15.6. The van der Waals surface area contributed by atoms with Gasteiger partial charge < -0.3 is 20.3 Å². The minimum Gasteiger partial charge on any atom is -0.439 e. The SMILES string of the molecule is Cc1ccc(Oc2ccc(NC(=O)C3CCCN(C(=O)Nc4ccccc4)C3)cn2)cc1. The molecule has 3 aromatic rings. The van der Waals surface area contributed by atoms with E-state index in [4.69, 9.17) is 4.74 Å². The third kappa shape index (κ3) is 5.63. The van der Waals surface area contributed by atoms with E-state index in [2.05, 4.69) is 15.6 Å². The Hall–Kier alpha value is -3.87. The van der Waals surface area contributed by atoms with Crippen LogP contribution in [-0.2, 0) is 4.79 Å². The number of aryl methyl sites for hydroxylation is 1. The standard InChI is InChI=1S/C25H26N4O3/c1-18-9-12-22(13-10-18)32-23-14-11-21(16-26-23)27-24(30)19-6-5-15-29(17-19)25(31)28-20-7-3-2-4-8-20/h2-4,7-14,16,19H,5-6,15,17H2,1H3,(H,27,30)(H,28,31). The lowest BCUT2D eigenvalue weighted by Gasteiger charge is -2.32. The van der Waals surface area contributed by atoms with E-state index in [-0.39, 0.29) is 17.9 Å². The van der Waals surface area contributed by atoms with E-state index in [0.29, 0.717) is 30.4 Å². The lowest BCUT2D eigenvalue weighted by atomic mass is 9.97. The molecular formula is C25H26N4O3. The molecule has 0 bridgehead atoms. The van der Waals surface area contributed by atoms with Crippen molar-refractivity contribution in [2.24, 2.45) is 5.92 Å². The third-order valence-corrected chi connectivity index (χ3v) is 5.35. The number of nitrogens with one attached hydrogen (secondary N) is 2. The fraction of sp³-hybridized carbons (Fsp3) is 0.240. The zero-order valence-electron chi connectivity index (χ0n) is 18.0. The normalized spacial score (nSPS) is 15.7. The van der Waals surface area contributed by atoms with Crippen molar-refractivity contribution in [1.82, 2.24) is 9.88 Å². The van der Waals surface area contributed by atoms with Crippen molar-refractivity contribution in [2.75, 3.05) is 23.7 Å². The number of hydrogen-bond donors (Lipinski definition) is 2. The van der Waals surface area contributed by atoms with Crippen LogP contribution in [0.4, 0.5) is 16.2 Å². The molecule has 1 saturated heterocycles. The Bertz CT molecular complexity index is 1050. The van der Waals surface area contributed by atoms with Crippen LogP contribution in [0.1, 0.15) is 18.4 Å². The Morgan fingerprint density at radius 1 is 0.969 bits per heavy atom. The van der Waals surface area contributed by atoms with Crippen molar-refractivity contribution >= 4 is 23.3 Å². The first-order valence-electron chi connectivity index (χ1n) is 10.7. The Balaban J connectivity index is 1.31. The van der Waals surface area contributed by atoms with Crippen LogP contribution in [0.15, 0.2) is 72.9 Å². The maximum Gasteiger partial charge on any atom is 0.321 e. The molecule has 0 radical (unpaired) electrons. The van der Waals surface area contributed by atoms with E-state index in [0.717, 1.165) is 24.1 Å². The van der Waals surface area contributed by atoms with Gasteiger partial charge in [0.1, 0.15) is 5.75 Å². The van der Waals surface area contributed by atoms with Crippen LogP contribution < -0.4 is 15.4 Å². The molecule has 2 N–H and O–H groups in total. The van der Waals surface area contributed by atoms with E-state index in [1.165, 1.54) is 0 Å². The topological polar surface area (TPSA) is 83.6 Å². The van der Waals surface area contributed by atoms with Crippen molar-refractivity contribution in [3.63, 3.8) is 0 Å². The molecule has 0 aliphatic carbocycles. The summed E-state index contributed by atoms with van der Waals surface area (Å²) in [5.41, 5.74) is 2.49. The smallest absolute Gasteiger partial charge is 0.321 e. The first-order valence-corrected chi connectivity index (χ1v) is 10.7. The molecule has 1 aliphatic rings. The van der Waals surface area contributed by atoms with Crippen LogP contribution in [0, 0.1) is 12.8 Å². The summed E-state index contributed by atoms with van der Waals surface area (Å²) in [5.74, 6) is 0.772. The molecule has 3 amide bonds. The number of benzene rings is 2. The van der Waals surface area contributed by atoms with Gasteiger partial charge in [-0.2, -0.15) is 0 Å². The largest absolute Gasteiger partial charge is 0.439 e. The van der Waals surface area contributed by atoms with Gasteiger partial charge >= 0.3 is 6.03 Å². The number of carbonyl (C=O) groups excluding carboxylic acids is 2.